The van der Waals surface area contributed by atoms with Gasteiger partial charge in [0, 0.05) is 6.04 Å². The van der Waals surface area contributed by atoms with Crippen molar-refractivity contribution in [3.05, 3.63) is 34.4 Å². The van der Waals surface area contributed by atoms with Crippen molar-refractivity contribution in [2.75, 3.05) is 20.1 Å². The Balaban J connectivity index is 2.91. The number of aryl methyl sites for hydroxylation is 3. The minimum Gasteiger partial charge on any atom is -0.330 e. The van der Waals surface area contributed by atoms with Crippen LogP contribution in [0, 0.1) is 20.8 Å². The Morgan fingerprint density at radius 1 is 1.18 bits per heavy atom. The fourth-order valence-electron chi connectivity index (χ4n) is 2.60. The normalized spacial score (nSPS) is 13.1. The van der Waals surface area contributed by atoms with Gasteiger partial charge in [0.2, 0.25) is 0 Å². The van der Waals surface area contributed by atoms with E-state index in [-0.39, 0.29) is 0 Å². The van der Waals surface area contributed by atoms with Crippen molar-refractivity contribution >= 4 is 0 Å². The zero-order chi connectivity index (χ0) is 13.0. The number of nitrogens with zero attached hydrogens (tertiary/aromatic N) is 1. The van der Waals surface area contributed by atoms with Crippen LogP contribution >= 0.6 is 0 Å². The average Bonchev–Trinajstić information content (AvgIpc) is 2.24. The number of benzene rings is 1. The molecule has 2 N–H and O–H groups in total. The Kier molecular flexibility index (Phi) is 5.16. The molecular formula is C15H26N2. The molecule has 1 aromatic carbocycles. The highest BCUT2D eigenvalue weighted by molar-refractivity contribution is 5.39. The third kappa shape index (κ3) is 3.55. The van der Waals surface area contributed by atoms with E-state index < -0.39 is 0 Å². The molecule has 0 bridgehead atoms. The molecule has 17 heavy (non-hydrogen) atoms. The Labute approximate surface area is 106 Å². The highest BCUT2D eigenvalue weighted by Crippen LogP contribution is 2.26. The molecule has 2 heteroatoms. The summed E-state index contributed by atoms with van der Waals surface area (Å²) in [6, 6.07) is 5.01. The number of rotatable bonds is 5. The van der Waals surface area contributed by atoms with Gasteiger partial charge in [0.15, 0.2) is 0 Å². The molecule has 0 aliphatic carbocycles. The SMILES string of the molecule is Cc1cc(C)c(C(C)N(C)CCCN)c(C)c1. The molecule has 2 nitrogen and oxygen atoms in total. The molecular weight excluding hydrogens is 208 g/mol. The van der Waals surface area contributed by atoms with Crippen LogP contribution in [0.3, 0.4) is 0 Å². The van der Waals surface area contributed by atoms with Crippen LogP contribution in [0.25, 0.3) is 0 Å². The standard InChI is InChI=1S/C15H26N2/c1-11-9-12(2)15(13(3)10-11)14(4)17(5)8-6-7-16/h9-10,14H,6-8,16H2,1-5H3. The summed E-state index contributed by atoms with van der Waals surface area (Å²) in [6.45, 7) is 10.7. The molecule has 0 saturated carbocycles. The van der Waals surface area contributed by atoms with E-state index in [1.54, 1.807) is 0 Å². The van der Waals surface area contributed by atoms with Gasteiger partial charge < -0.3 is 5.73 Å². The van der Waals surface area contributed by atoms with E-state index in [0.29, 0.717) is 6.04 Å². The summed E-state index contributed by atoms with van der Waals surface area (Å²) in [5, 5.41) is 0. The number of hydrogen-bond donors (Lipinski definition) is 1. The Hall–Kier alpha value is -0.860. The summed E-state index contributed by atoms with van der Waals surface area (Å²) in [7, 11) is 2.18. The van der Waals surface area contributed by atoms with Gasteiger partial charge in [-0.1, -0.05) is 17.7 Å². The summed E-state index contributed by atoms with van der Waals surface area (Å²) >= 11 is 0. The summed E-state index contributed by atoms with van der Waals surface area (Å²) < 4.78 is 0. The van der Waals surface area contributed by atoms with Crippen molar-refractivity contribution in [3.63, 3.8) is 0 Å². The van der Waals surface area contributed by atoms with Crippen LogP contribution in [0.4, 0.5) is 0 Å². The van der Waals surface area contributed by atoms with Gasteiger partial charge in [-0.15, -0.1) is 0 Å². The highest BCUT2D eigenvalue weighted by atomic mass is 15.1. The van der Waals surface area contributed by atoms with Crippen molar-refractivity contribution in [3.8, 4) is 0 Å². The molecule has 1 atom stereocenters. The van der Waals surface area contributed by atoms with E-state index >= 15 is 0 Å². The Bertz CT molecular complexity index is 348. The second-order valence-corrected chi connectivity index (χ2v) is 5.11. The van der Waals surface area contributed by atoms with Crippen molar-refractivity contribution in [2.45, 2.75) is 40.2 Å². The van der Waals surface area contributed by atoms with Gasteiger partial charge in [-0.2, -0.15) is 0 Å². The van der Waals surface area contributed by atoms with E-state index in [2.05, 4.69) is 51.8 Å². The van der Waals surface area contributed by atoms with Crippen molar-refractivity contribution in [1.82, 2.24) is 4.90 Å². The first kappa shape index (κ1) is 14.2. The zero-order valence-electron chi connectivity index (χ0n) is 11.9. The third-order valence-electron chi connectivity index (χ3n) is 3.53. The summed E-state index contributed by atoms with van der Waals surface area (Å²) in [4.78, 5) is 2.39. The second-order valence-electron chi connectivity index (χ2n) is 5.11. The lowest BCUT2D eigenvalue weighted by Crippen LogP contribution is -2.26. The van der Waals surface area contributed by atoms with Gasteiger partial charge in [-0.3, -0.25) is 4.90 Å². The minimum atomic E-state index is 0.460. The molecule has 1 rings (SSSR count). The first-order chi connectivity index (χ1) is 7.97. The molecule has 0 aliphatic rings. The maximum absolute atomic E-state index is 5.57. The van der Waals surface area contributed by atoms with Gasteiger partial charge in [0.05, 0.1) is 0 Å². The molecule has 1 unspecified atom stereocenters. The number of hydrogen-bond acceptors (Lipinski definition) is 2. The largest absolute Gasteiger partial charge is 0.330 e. The van der Waals surface area contributed by atoms with Crippen LogP contribution in [-0.4, -0.2) is 25.0 Å². The maximum atomic E-state index is 5.57. The molecule has 0 heterocycles. The van der Waals surface area contributed by atoms with Crippen LogP contribution in [0.5, 0.6) is 0 Å². The fraction of sp³-hybridized carbons (Fsp3) is 0.600. The van der Waals surface area contributed by atoms with Crippen molar-refractivity contribution in [2.24, 2.45) is 5.73 Å². The second kappa shape index (κ2) is 6.18. The van der Waals surface area contributed by atoms with E-state index in [1.165, 1.54) is 22.3 Å². The molecule has 0 amide bonds. The van der Waals surface area contributed by atoms with Gasteiger partial charge in [0.1, 0.15) is 0 Å². The van der Waals surface area contributed by atoms with E-state index in [9.17, 15) is 0 Å². The lowest BCUT2D eigenvalue weighted by atomic mass is 9.94. The highest BCUT2D eigenvalue weighted by Gasteiger charge is 2.15. The van der Waals surface area contributed by atoms with E-state index in [0.717, 1.165) is 19.5 Å². The van der Waals surface area contributed by atoms with Crippen molar-refractivity contribution in [1.29, 1.82) is 0 Å². The molecule has 0 saturated heterocycles. The maximum Gasteiger partial charge on any atom is 0.0322 e. The minimum absolute atomic E-state index is 0.460. The molecule has 0 aromatic heterocycles. The monoisotopic (exact) mass is 234 g/mol. The van der Waals surface area contributed by atoms with E-state index in [4.69, 9.17) is 5.73 Å². The smallest absolute Gasteiger partial charge is 0.0322 e. The molecule has 0 radical (unpaired) electrons. The van der Waals surface area contributed by atoms with Gasteiger partial charge in [-0.05, 0) is 70.9 Å². The lowest BCUT2D eigenvalue weighted by molar-refractivity contribution is 0.258. The molecule has 1 aromatic rings. The Morgan fingerprint density at radius 2 is 1.71 bits per heavy atom. The van der Waals surface area contributed by atoms with Crippen molar-refractivity contribution < 1.29 is 0 Å². The summed E-state index contributed by atoms with van der Waals surface area (Å²) in [5.74, 6) is 0. The predicted molar refractivity (Wildman–Crippen MR) is 75.4 cm³/mol. The van der Waals surface area contributed by atoms with Crippen LogP contribution in [0.1, 0.15) is 41.6 Å². The van der Waals surface area contributed by atoms with Gasteiger partial charge >= 0.3 is 0 Å². The van der Waals surface area contributed by atoms with E-state index in [1.807, 2.05) is 0 Å². The first-order valence-corrected chi connectivity index (χ1v) is 6.45. The van der Waals surface area contributed by atoms with Crippen LogP contribution < -0.4 is 5.73 Å². The zero-order valence-corrected chi connectivity index (χ0v) is 11.9. The summed E-state index contributed by atoms with van der Waals surface area (Å²) in [5.41, 5.74) is 11.2. The lowest BCUT2D eigenvalue weighted by Gasteiger charge is -2.28. The fourth-order valence-corrected chi connectivity index (χ4v) is 2.60. The average molecular weight is 234 g/mol. The molecule has 0 fully saturated rings. The molecule has 0 spiro atoms. The predicted octanol–water partition coefficient (Wildman–Crippen LogP) is 2.95. The number of nitrogens with two attached hydrogens (primary N) is 1. The van der Waals surface area contributed by atoms with Crippen LogP contribution in [0.2, 0.25) is 0 Å². The Morgan fingerprint density at radius 3 is 2.18 bits per heavy atom. The summed E-state index contributed by atoms with van der Waals surface area (Å²) in [6.07, 6.45) is 1.06. The third-order valence-corrected chi connectivity index (χ3v) is 3.53. The van der Waals surface area contributed by atoms with Gasteiger partial charge in [0.25, 0.3) is 0 Å². The quantitative estimate of drug-likeness (QED) is 0.848. The van der Waals surface area contributed by atoms with Crippen LogP contribution in [0.15, 0.2) is 12.1 Å². The molecule has 0 aliphatic heterocycles. The topological polar surface area (TPSA) is 29.3 Å². The first-order valence-electron chi connectivity index (χ1n) is 6.45. The molecule has 96 valence electrons. The van der Waals surface area contributed by atoms with Gasteiger partial charge in [-0.25, -0.2) is 0 Å². The van der Waals surface area contributed by atoms with Crippen LogP contribution in [-0.2, 0) is 0 Å².